The average Bonchev–Trinajstić information content (AvgIpc) is 4.03. The number of benzene rings is 12. The van der Waals surface area contributed by atoms with Gasteiger partial charge in [0.25, 0.3) is 0 Å². The standard InChI is InChI=1S/C72H48N2/c1-3-17-49(18-4-1)51-21-11-23-53(41-51)55-25-13-27-57(43-55)59-29-15-31-63(45-59)73-69-35-9-7-33-65(69)67-47-61(37-39-71(67)73)62-38-40-72-68(48-62)66-34-8-10-36-70(66)74(72)64-32-16-30-60(46-64)58-28-14-26-56(44-58)54-24-12-22-52(42-54)50-19-5-2-6-20-50/h1-48H. The predicted octanol–water partition coefficient (Wildman–Crippen LogP) is 19.5. The molecule has 0 aliphatic rings. The molecule has 346 valence electrons. The zero-order chi connectivity index (χ0) is 49.0. The van der Waals surface area contributed by atoms with E-state index >= 15 is 0 Å². The number of hydrogen-bond acceptors (Lipinski definition) is 0. The van der Waals surface area contributed by atoms with E-state index in [1.54, 1.807) is 0 Å². The molecule has 0 bridgehead atoms. The molecule has 14 rings (SSSR count). The molecule has 2 nitrogen and oxygen atoms in total. The van der Waals surface area contributed by atoms with Gasteiger partial charge in [-0.15, -0.1) is 0 Å². The third-order valence-corrected chi connectivity index (χ3v) is 14.9. The summed E-state index contributed by atoms with van der Waals surface area (Å²) in [6, 6.07) is 106. The second kappa shape index (κ2) is 18.1. The van der Waals surface area contributed by atoms with Gasteiger partial charge in [0, 0.05) is 32.9 Å². The highest BCUT2D eigenvalue weighted by molar-refractivity contribution is 6.13. The highest BCUT2D eigenvalue weighted by Crippen LogP contribution is 2.40. The van der Waals surface area contributed by atoms with Gasteiger partial charge in [0.2, 0.25) is 0 Å². The number of para-hydroxylation sites is 2. The van der Waals surface area contributed by atoms with Crippen LogP contribution in [0.1, 0.15) is 0 Å². The molecular weight excluding hydrogens is 893 g/mol. The molecule has 74 heavy (non-hydrogen) atoms. The van der Waals surface area contributed by atoms with Gasteiger partial charge in [0.1, 0.15) is 0 Å². The first-order chi connectivity index (χ1) is 36.7. The Morgan fingerprint density at radius 1 is 0.149 bits per heavy atom. The Labute approximate surface area is 431 Å². The van der Waals surface area contributed by atoms with E-state index in [0.29, 0.717) is 0 Å². The smallest absolute Gasteiger partial charge is 0.0541 e. The summed E-state index contributed by atoms with van der Waals surface area (Å²) < 4.78 is 4.85. The maximum absolute atomic E-state index is 2.43. The zero-order valence-corrected chi connectivity index (χ0v) is 40.6. The van der Waals surface area contributed by atoms with Crippen LogP contribution in [0.5, 0.6) is 0 Å². The van der Waals surface area contributed by atoms with Gasteiger partial charge >= 0.3 is 0 Å². The van der Waals surface area contributed by atoms with Gasteiger partial charge in [-0.3, -0.25) is 0 Å². The molecule has 0 spiro atoms. The first-order valence-electron chi connectivity index (χ1n) is 25.5. The second-order valence-electron chi connectivity index (χ2n) is 19.3. The van der Waals surface area contributed by atoms with Crippen LogP contribution in [0.3, 0.4) is 0 Å². The van der Waals surface area contributed by atoms with Crippen LogP contribution in [0.25, 0.3) is 133 Å². The zero-order valence-electron chi connectivity index (χ0n) is 40.6. The highest BCUT2D eigenvalue weighted by Gasteiger charge is 2.18. The van der Waals surface area contributed by atoms with E-state index in [-0.39, 0.29) is 0 Å². The third-order valence-electron chi connectivity index (χ3n) is 14.9. The van der Waals surface area contributed by atoms with Crippen molar-refractivity contribution in [1.29, 1.82) is 0 Å². The van der Waals surface area contributed by atoms with Crippen molar-refractivity contribution >= 4 is 43.6 Å². The van der Waals surface area contributed by atoms with Crippen LogP contribution in [0.4, 0.5) is 0 Å². The Balaban J connectivity index is 0.806. The topological polar surface area (TPSA) is 9.86 Å². The summed E-state index contributed by atoms with van der Waals surface area (Å²) in [5, 5.41) is 4.94. The minimum absolute atomic E-state index is 1.14. The second-order valence-corrected chi connectivity index (χ2v) is 19.3. The first kappa shape index (κ1) is 43.1. The van der Waals surface area contributed by atoms with Crippen molar-refractivity contribution in [2.24, 2.45) is 0 Å². The molecule has 0 unspecified atom stereocenters. The monoisotopic (exact) mass is 940 g/mol. The molecule has 2 aromatic heterocycles. The molecule has 0 fully saturated rings. The third kappa shape index (κ3) is 7.69. The lowest BCUT2D eigenvalue weighted by molar-refractivity contribution is 1.18. The molecule has 14 aromatic rings. The molecule has 0 aliphatic carbocycles. The minimum Gasteiger partial charge on any atom is -0.309 e. The number of rotatable bonds is 9. The molecule has 0 radical (unpaired) electrons. The summed E-state index contributed by atoms with van der Waals surface area (Å²) in [5.41, 5.74) is 23.8. The highest BCUT2D eigenvalue weighted by atomic mass is 15.0. The molecule has 0 saturated heterocycles. The number of aromatic nitrogens is 2. The van der Waals surface area contributed by atoms with E-state index in [9.17, 15) is 0 Å². The molecule has 2 heteroatoms. The molecule has 0 amide bonds. The Kier molecular flexibility index (Phi) is 10.6. The molecule has 2 heterocycles. The summed E-state index contributed by atoms with van der Waals surface area (Å²) in [6.45, 7) is 0. The molecule has 0 N–H and O–H groups in total. The van der Waals surface area contributed by atoms with Crippen molar-refractivity contribution in [3.63, 3.8) is 0 Å². The van der Waals surface area contributed by atoms with E-state index < -0.39 is 0 Å². The number of nitrogens with zero attached hydrogens (tertiary/aromatic N) is 2. The van der Waals surface area contributed by atoms with E-state index in [1.165, 1.54) is 122 Å². The normalized spacial score (nSPS) is 11.5. The first-order valence-corrected chi connectivity index (χ1v) is 25.5. The van der Waals surface area contributed by atoms with Gasteiger partial charge < -0.3 is 9.13 Å². The Morgan fingerprint density at radius 3 is 0.770 bits per heavy atom. The summed E-state index contributed by atoms with van der Waals surface area (Å²) in [5.74, 6) is 0. The van der Waals surface area contributed by atoms with Gasteiger partial charge in [-0.2, -0.15) is 0 Å². The van der Waals surface area contributed by atoms with Gasteiger partial charge in [-0.05, 0) is 163 Å². The van der Waals surface area contributed by atoms with E-state index in [0.717, 1.165) is 11.4 Å². The maximum Gasteiger partial charge on any atom is 0.0541 e. The molecule has 12 aromatic carbocycles. The van der Waals surface area contributed by atoms with Crippen LogP contribution in [0, 0.1) is 0 Å². The van der Waals surface area contributed by atoms with Crippen molar-refractivity contribution in [3.05, 3.63) is 291 Å². The lowest BCUT2D eigenvalue weighted by Crippen LogP contribution is -1.94. The summed E-state index contributed by atoms with van der Waals surface area (Å²) in [7, 11) is 0. The average molecular weight is 941 g/mol. The fourth-order valence-electron chi connectivity index (χ4n) is 11.3. The van der Waals surface area contributed by atoms with E-state index in [1.807, 2.05) is 0 Å². The van der Waals surface area contributed by atoms with Crippen molar-refractivity contribution in [1.82, 2.24) is 9.13 Å². The van der Waals surface area contributed by atoms with E-state index in [2.05, 4.69) is 300 Å². The number of fused-ring (bicyclic) bond motifs is 6. The van der Waals surface area contributed by atoms with Gasteiger partial charge in [0.05, 0.1) is 22.1 Å². The van der Waals surface area contributed by atoms with Crippen molar-refractivity contribution in [2.45, 2.75) is 0 Å². The van der Waals surface area contributed by atoms with Gasteiger partial charge in [-0.1, -0.05) is 206 Å². The van der Waals surface area contributed by atoms with E-state index in [4.69, 9.17) is 0 Å². The molecule has 0 saturated carbocycles. The summed E-state index contributed by atoms with van der Waals surface area (Å²) in [4.78, 5) is 0. The Hall–Kier alpha value is -9.76. The minimum atomic E-state index is 1.14. The van der Waals surface area contributed by atoms with Crippen LogP contribution in [0.15, 0.2) is 291 Å². The predicted molar refractivity (Wildman–Crippen MR) is 313 cm³/mol. The molecule has 0 atom stereocenters. The SMILES string of the molecule is c1ccc(-c2cccc(-c3cccc(-c4cccc(-n5c6ccccc6c6cc(-c7ccc8c(c7)c7ccccc7n8-c7cccc(-c8cccc(-c9cccc(-c%10ccccc%10)c9)c8)c7)ccc65)c4)c3)c2)cc1. The number of hydrogen-bond donors (Lipinski definition) is 0. The lowest BCUT2D eigenvalue weighted by Gasteiger charge is -2.12. The Morgan fingerprint density at radius 2 is 0.405 bits per heavy atom. The summed E-state index contributed by atoms with van der Waals surface area (Å²) >= 11 is 0. The van der Waals surface area contributed by atoms with Gasteiger partial charge in [-0.25, -0.2) is 0 Å². The quantitative estimate of drug-likeness (QED) is 0.136. The Bertz CT molecular complexity index is 4130. The van der Waals surface area contributed by atoms with Crippen molar-refractivity contribution in [2.75, 3.05) is 0 Å². The van der Waals surface area contributed by atoms with Crippen LogP contribution < -0.4 is 0 Å². The fourth-order valence-corrected chi connectivity index (χ4v) is 11.3. The van der Waals surface area contributed by atoms with Crippen LogP contribution in [-0.2, 0) is 0 Å². The van der Waals surface area contributed by atoms with Gasteiger partial charge in [0.15, 0.2) is 0 Å². The largest absolute Gasteiger partial charge is 0.309 e. The summed E-state index contributed by atoms with van der Waals surface area (Å²) in [6.07, 6.45) is 0. The van der Waals surface area contributed by atoms with Crippen molar-refractivity contribution < 1.29 is 0 Å². The lowest BCUT2D eigenvalue weighted by atomic mass is 9.96. The maximum atomic E-state index is 2.43. The molecular formula is C72H48N2. The molecule has 0 aliphatic heterocycles. The van der Waals surface area contributed by atoms with Crippen molar-refractivity contribution in [3.8, 4) is 89.3 Å². The van der Waals surface area contributed by atoms with Crippen LogP contribution in [0.2, 0.25) is 0 Å². The fraction of sp³-hybridized carbons (Fsp3) is 0. The van der Waals surface area contributed by atoms with Crippen LogP contribution in [-0.4, -0.2) is 9.13 Å². The van der Waals surface area contributed by atoms with Crippen LogP contribution >= 0.6 is 0 Å².